The number of benzene rings is 1. The molecule has 1 fully saturated rings. The van der Waals surface area contributed by atoms with Crippen molar-refractivity contribution in [2.24, 2.45) is 0 Å². The number of hydrogen-bond donors (Lipinski definition) is 1. The number of β-amino-alcohol motifs (C(OH)–C–C–N with tert-alkyl or cyclic N) is 1. The van der Waals surface area contributed by atoms with Crippen molar-refractivity contribution in [2.45, 2.75) is 31.9 Å². The molecule has 0 spiro atoms. The maximum absolute atomic E-state index is 12.8. The number of likely N-dealkylation sites (N-methyl/N-ethyl adjacent to an activating group) is 1. The van der Waals surface area contributed by atoms with E-state index in [-0.39, 0.29) is 5.82 Å². The molecule has 3 heteroatoms. The van der Waals surface area contributed by atoms with Crippen molar-refractivity contribution in [3.8, 4) is 0 Å². The molecule has 88 valence electrons. The van der Waals surface area contributed by atoms with Gasteiger partial charge >= 0.3 is 0 Å². The van der Waals surface area contributed by atoms with E-state index in [9.17, 15) is 9.50 Å². The highest BCUT2D eigenvalue weighted by Crippen LogP contribution is 2.35. The summed E-state index contributed by atoms with van der Waals surface area (Å²) in [6, 6.07) is 6.56. The zero-order valence-electron chi connectivity index (χ0n) is 9.78. The first-order valence-corrected chi connectivity index (χ1v) is 5.77. The van der Waals surface area contributed by atoms with E-state index >= 15 is 0 Å². The smallest absolute Gasteiger partial charge is 0.123 e. The predicted molar refractivity (Wildman–Crippen MR) is 61.6 cm³/mol. The molecule has 0 aliphatic carbocycles. The standard InChI is InChI=1S/C13H18FNO/c1-3-15-9-13(16,8-10(15)2)11-4-6-12(14)7-5-11/h4-7,10,16H,3,8-9H2,1-2H3. The highest BCUT2D eigenvalue weighted by molar-refractivity contribution is 5.25. The molecule has 1 N–H and O–H groups in total. The van der Waals surface area contributed by atoms with Crippen LogP contribution in [0.1, 0.15) is 25.8 Å². The highest BCUT2D eigenvalue weighted by Gasteiger charge is 2.41. The fraction of sp³-hybridized carbons (Fsp3) is 0.538. The van der Waals surface area contributed by atoms with Crippen LogP contribution in [-0.4, -0.2) is 29.1 Å². The molecule has 1 aliphatic heterocycles. The number of likely N-dealkylation sites (tertiary alicyclic amines) is 1. The summed E-state index contributed by atoms with van der Waals surface area (Å²) < 4.78 is 12.8. The number of hydrogen-bond acceptors (Lipinski definition) is 2. The van der Waals surface area contributed by atoms with Gasteiger partial charge in [0.05, 0.1) is 0 Å². The van der Waals surface area contributed by atoms with Gasteiger partial charge in [-0.15, -0.1) is 0 Å². The summed E-state index contributed by atoms with van der Waals surface area (Å²) >= 11 is 0. The molecular formula is C13H18FNO. The second-order valence-electron chi connectivity index (χ2n) is 4.65. The van der Waals surface area contributed by atoms with Crippen LogP contribution < -0.4 is 0 Å². The van der Waals surface area contributed by atoms with Crippen molar-refractivity contribution in [1.29, 1.82) is 0 Å². The van der Waals surface area contributed by atoms with Crippen LogP contribution in [-0.2, 0) is 5.60 Å². The normalized spacial score (nSPS) is 30.9. The van der Waals surface area contributed by atoms with Crippen molar-refractivity contribution in [3.05, 3.63) is 35.6 Å². The molecule has 2 atom stereocenters. The van der Waals surface area contributed by atoms with Crippen molar-refractivity contribution in [2.75, 3.05) is 13.1 Å². The maximum atomic E-state index is 12.8. The summed E-state index contributed by atoms with van der Waals surface area (Å²) in [4.78, 5) is 2.24. The van der Waals surface area contributed by atoms with E-state index in [1.165, 1.54) is 12.1 Å². The van der Waals surface area contributed by atoms with Crippen LogP contribution in [0.15, 0.2) is 24.3 Å². The van der Waals surface area contributed by atoms with Crippen LogP contribution in [0.25, 0.3) is 0 Å². The third-order valence-electron chi connectivity index (χ3n) is 3.51. The molecule has 1 heterocycles. The highest BCUT2D eigenvalue weighted by atomic mass is 19.1. The lowest BCUT2D eigenvalue weighted by molar-refractivity contribution is 0.0465. The van der Waals surface area contributed by atoms with E-state index in [2.05, 4.69) is 18.7 Å². The molecule has 1 saturated heterocycles. The quantitative estimate of drug-likeness (QED) is 0.830. The Morgan fingerprint density at radius 1 is 1.44 bits per heavy atom. The molecule has 16 heavy (non-hydrogen) atoms. The van der Waals surface area contributed by atoms with Gasteiger partial charge in [0.1, 0.15) is 11.4 Å². The van der Waals surface area contributed by atoms with Gasteiger partial charge in [0.2, 0.25) is 0 Å². The molecule has 0 aromatic heterocycles. The maximum Gasteiger partial charge on any atom is 0.123 e. The van der Waals surface area contributed by atoms with Gasteiger partial charge in [0.15, 0.2) is 0 Å². The molecular weight excluding hydrogens is 205 g/mol. The van der Waals surface area contributed by atoms with E-state index < -0.39 is 5.60 Å². The monoisotopic (exact) mass is 223 g/mol. The molecule has 1 aliphatic rings. The van der Waals surface area contributed by atoms with Gasteiger partial charge in [-0.25, -0.2) is 4.39 Å². The Balaban J connectivity index is 2.24. The first-order chi connectivity index (χ1) is 7.55. The molecule has 0 amide bonds. The minimum absolute atomic E-state index is 0.259. The Morgan fingerprint density at radius 2 is 2.06 bits per heavy atom. The van der Waals surface area contributed by atoms with Gasteiger partial charge in [-0.2, -0.15) is 0 Å². The molecule has 2 unspecified atom stereocenters. The van der Waals surface area contributed by atoms with Gasteiger partial charge in [-0.1, -0.05) is 19.1 Å². The van der Waals surface area contributed by atoms with Crippen LogP contribution >= 0.6 is 0 Å². The van der Waals surface area contributed by atoms with Crippen molar-refractivity contribution >= 4 is 0 Å². The fourth-order valence-corrected chi connectivity index (χ4v) is 2.57. The molecule has 1 aromatic carbocycles. The van der Waals surface area contributed by atoms with E-state index in [0.717, 1.165) is 12.1 Å². The van der Waals surface area contributed by atoms with Crippen LogP contribution in [0.3, 0.4) is 0 Å². The lowest BCUT2D eigenvalue weighted by Gasteiger charge is -2.23. The number of aliphatic hydroxyl groups is 1. The predicted octanol–water partition coefficient (Wildman–Crippen LogP) is 2.13. The average molecular weight is 223 g/mol. The van der Waals surface area contributed by atoms with E-state index in [4.69, 9.17) is 0 Å². The van der Waals surface area contributed by atoms with Crippen molar-refractivity contribution in [3.63, 3.8) is 0 Å². The van der Waals surface area contributed by atoms with E-state index in [0.29, 0.717) is 19.0 Å². The summed E-state index contributed by atoms with van der Waals surface area (Å²) in [6.45, 7) is 5.78. The summed E-state index contributed by atoms with van der Waals surface area (Å²) in [7, 11) is 0. The van der Waals surface area contributed by atoms with Crippen LogP contribution in [0.2, 0.25) is 0 Å². The minimum atomic E-state index is -0.816. The Bertz CT molecular complexity index is 365. The Hall–Kier alpha value is -0.930. The molecule has 1 aromatic rings. The van der Waals surface area contributed by atoms with Gasteiger partial charge in [-0.3, -0.25) is 4.90 Å². The largest absolute Gasteiger partial charge is 0.384 e. The second-order valence-corrected chi connectivity index (χ2v) is 4.65. The summed E-state index contributed by atoms with van der Waals surface area (Å²) in [5, 5.41) is 10.6. The minimum Gasteiger partial charge on any atom is -0.384 e. The topological polar surface area (TPSA) is 23.5 Å². The van der Waals surface area contributed by atoms with E-state index in [1.54, 1.807) is 12.1 Å². The molecule has 0 radical (unpaired) electrons. The van der Waals surface area contributed by atoms with Gasteiger partial charge in [0.25, 0.3) is 0 Å². The molecule has 2 rings (SSSR count). The third-order valence-corrected chi connectivity index (χ3v) is 3.51. The average Bonchev–Trinajstić information content (AvgIpc) is 2.55. The third kappa shape index (κ3) is 1.97. The van der Waals surface area contributed by atoms with E-state index in [1.807, 2.05) is 0 Å². The van der Waals surface area contributed by atoms with Gasteiger partial charge in [-0.05, 0) is 37.6 Å². The Labute approximate surface area is 95.7 Å². The first-order valence-electron chi connectivity index (χ1n) is 5.77. The Morgan fingerprint density at radius 3 is 2.56 bits per heavy atom. The lowest BCUT2D eigenvalue weighted by Crippen LogP contribution is -2.31. The molecule has 2 nitrogen and oxygen atoms in total. The molecule has 0 saturated carbocycles. The Kier molecular flexibility index (Phi) is 3.00. The zero-order valence-corrected chi connectivity index (χ0v) is 9.78. The number of nitrogens with zero attached hydrogens (tertiary/aromatic N) is 1. The van der Waals surface area contributed by atoms with Gasteiger partial charge in [0, 0.05) is 12.6 Å². The second kappa shape index (κ2) is 4.15. The van der Waals surface area contributed by atoms with Crippen molar-refractivity contribution < 1.29 is 9.50 Å². The molecule has 0 bridgehead atoms. The number of rotatable bonds is 2. The van der Waals surface area contributed by atoms with Crippen molar-refractivity contribution in [1.82, 2.24) is 4.90 Å². The summed E-state index contributed by atoms with van der Waals surface area (Å²) in [6.07, 6.45) is 0.715. The summed E-state index contributed by atoms with van der Waals surface area (Å²) in [5.41, 5.74) is 0.0000463. The first kappa shape index (κ1) is 11.6. The fourth-order valence-electron chi connectivity index (χ4n) is 2.57. The number of halogens is 1. The lowest BCUT2D eigenvalue weighted by atomic mass is 9.91. The SMILES string of the molecule is CCN1CC(O)(c2ccc(F)cc2)CC1C. The van der Waals surface area contributed by atoms with Crippen LogP contribution in [0.4, 0.5) is 4.39 Å². The van der Waals surface area contributed by atoms with Crippen LogP contribution in [0, 0.1) is 5.82 Å². The van der Waals surface area contributed by atoms with Gasteiger partial charge < -0.3 is 5.11 Å². The van der Waals surface area contributed by atoms with Crippen LogP contribution in [0.5, 0.6) is 0 Å². The summed E-state index contributed by atoms with van der Waals surface area (Å²) in [5.74, 6) is -0.259. The zero-order chi connectivity index (χ0) is 11.8.